The van der Waals surface area contributed by atoms with Gasteiger partial charge >= 0.3 is 0 Å². The molecule has 0 aliphatic carbocycles. The molecule has 1 saturated heterocycles. The van der Waals surface area contributed by atoms with Gasteiger partial charge in [0.1, 0.15) is 0 Å². The minimum absolute atomic E-state index is 0.885. The maximum Gasteiger partial charge on any atom is 0.0238 e. The third kappa shape index (κ3) is 4.32. The van der Waals surface area contributed by atoms with Crippen LogP contribution in [0.3, 0.4) is 0 Å². The van der Waals surface area contributed by atoms with Crippen LogP contribution in [0.4, 0.5) is 0 Å². The Morgan fingerprint density at radius 3 is 2.40 bits per heavy atom. The van der Waals surface area contributed by atoms with Crippen molar-refractivity contribution in [3.63, 3.8) is 0 Å². The zero-order chi connectivity index (χ0) is 14.4. The highest BCUT2D eigenvalue weighted by Crippen LogP contribution is 2.21. The number of piperidine rings is 1. The Hall–Kier alpha value is -0.860. The van der Waals surface area contributed by atoms with E-state index in [9.17, 15) is 0 Å². The average Bonchev–Trinajstić information content (AvgIpc) is 2.45. The summed E-state index contributed by atoms with van der Waals surface area (Å²) in [5.41, 5.74) is 4.42. The molecule has 112 valence electrons. The summed E-state index contributed by atoms with van der Waals surface area (Å²) in [6.45, 7) is 12.7. The molecule has 0 unspecified atom stereocenters. The van der Waals surface area contributed by atoms with Gasteiger partial charge in [0.05, 0.1) is 0 Å². The van der Waals surface area contributed by atoms with E-state index in [1.165, 1.54) is 62.1 Å². The molecule has 2 nitrogen and oxygen atoms in total. The topological polar surface area (TPSA) is 15.3 Å². The van der Waals surface area contributed by atoms with E-state index in [0.717, 1.165) is 12.5 Å². The quantitative estimate of drug-likeness (QED) is 0.799. The predicted molar refractivity (Wildman–Crippen MR) is 87.1 cm³/mol. The molecule has 2 rings (SSSR count). The van der Waals surface area contributed by atoms with Crippen LogP contribution in [0, 0.1) is 19.8 Å². The second kappa shape index (κ2) is 7.80. The molecule has 1 N–H and O–H groups in total. The van der Waals surface area contributed by atoms with Gasteiger partial charge < -0.3 is 5.32 Å². The molecule has 0 radical (unpaired) electrons. The highest BCUT2D eigenvalue weighted by atomic mass is 15.1. The Bertz CT molecular complexity index is 386. The fourth-order valence-corrected chi connectivity index (χ4v) is 3.15. The number of likely N-dealkylation sites (tertiary alicyclic amines) is 1. The van der Waals surface area contributed by atoms with Crippen LogP contribution in [0.25, 0.3) is 0 Å². The molecule has 0 saturated carbocycles. The van der Waals surface area contributed by atoms with Crippen LogP contribution >= 0.6 is 0 Å². The van der Waals surface area contributed by atoms with Crippen LogP contribution in [0.15, 0.2) is 18.2 Å². The highest BCUT2D eigenvalue weighted by Gasteiger charge is 2.19. The van der Waals surface area contributed by atoms with Gasteiger partial charge in [0.2, 0.25) is 0 Å². The van der Waals surface area contributed by atoms with Crippen LogP contribution in [0.2, 0.25) is 0 Å². The van der Waals surface area contributed by atoms with Crippen LogP contribution in [0.1, 0.15) is 42.9 Å². The van der Waals surface area contributed by atoms with E-state index in [4.69, 9.17) is 0 Å². The number of hydrogen-bond donors (Lipinski definition) is 1. The largest absolute Gasteiger partial charge is 0.316 e. The smallest absolute Gasteiger partial charge is 0.0238 e. The maximum atomic E-state index is 3.57. The SMILES string of the molecule is CCCNCC1CCN(Cc2c(C)cccc2C)CC1. The van der Waals surface area contributed by atoms with Crippen molar-refractivity contribution in [2.24, 2.45) is 5.92 Å². The Balaban J connectivity index is 1.80. The first kappa shape index (κ1) is 15.5. The van der Waals surface area contributed by atoms with E-state index in [1.54, 1.807) is 0 Å². The Labute approximate surface area is 124 Å². The summed E-state index contributed by atoms with van der Waals surface area (Å²) in [4.78, 5) is 2.63. The van der Waals surface area contributed by atoms with E-state index in [2.05, 4.69) is 49.2 Å². The number of nitrogens with one attached hydrogen (secondary N) is 1. The fraction of sp³-hybridized carbons (Fsp3) is 0.667. The zero-order valence-corrected chi connectivity index (χ0v) is 13.4. The zero-order valence-electron chi connectivity index (χ0n) is 13.4. The van der Waals surface area contributed by atoms with Crippen molar-refractivity contribution in [3.8, 4) is 0 Å². The lowest BCUT2D eigenvalue weighted by Crippen LogP contribution is -2.37. The fourth-order valence-electron chi connectivity index (χ4n) is 3.15. The van der Waals surface area contributed by atoms with E-state index in [1.807, 2.05) is 0 Å². The Kier molecular flexibility index (Phi) is 6.06. The molecule has 0 spiro atoms. The van der Waals surface area contributed by atoms with Crippen LogP contribution in [-0.2, 0) is 6.54 Å². The van der Waals surface area contributed by atoms with Gasteiger partial charge in [0, 0.05) is 6.54 Å². The minimum Gasteiger partial charge on any atom is -0.316 e. The molecule has 0 atom stereocenters. The lowest BCUT2D eigenvalue weighted by atomic mass is 9.95. The molecule has 1 aliphatic rings. The van der Waals surface area contributed by atoms with Gasteiger partial charge in [-0.25, -0.2) is 0 Å². The predicted octanol–water partition coefficient (Wildman–Crippen LogP) is 3.52. The van der Waals surface area contributed by atoms with Crippen LogP contribution in [-0.4, -0.2) is 31.1 Å². The summed E-state index contributed by atoms with van der Waals surface area (Å²) < 4.78 is 0. The molecule has 1 heterocycles. The summed E-state index contributed by atoms with van der Waals surface area (Å²) in [5.74, 6) is 0.885. The summed E-state index contributed by atoms with van der Waals surface area (Å²) in [6.07, 6.45) is 3.94. The first-order valence-electron chi connectivity index (χ1n) is 8.19. The van der Waals surface area contributed by atoms with Gasteiger partial charge in [-0.15, -0.1) is 0 Å². The molecule has 0 bridgehead atoms. The van der Waals surface area contributed by atoms with E-state index >= 15 is 0 Å². The van der Waals surface area contributed by atoms with E-state index < -0.39 is 0 Å². The van der Waals surface area contributed by atoms with Gasteiger partial charge in [-0.05, 0) is 81.9 Å². The Morgan fingerprint density at radius 2 is 1.80 bits per heavy atom. The molecule has 1 aliphatic heterocycles. The van der Waals surface area contributed by atoms with Crippen LogP contribution < -0.4 is 5.32 Å². The summed E-state index contributed by atoms with van der Waals surface area (Å²) in [5, 5.41) is 3.57. The Morgan fingerprint density at radius 1 is 1.15 bits per heavy atom. The summed E-state index contributed by atoms with van der Waals surface area (Å²) in [6, 6.07) is 6.65. The number of hydrogen-bond acceptors (Lipinski definition) is 2. The molecule has 1 aromatic rings. The monoisotopic (exact) mass is 274 g/mol. The van der Waals surface area contributed by atoms with Gasteiger partial charge in [-0.1, -0.05) is 25.1 Å². The van der Waals surface area contributed by atoms with Crippen molar-refractivity contribution >= 4 is 0 Å². The molecule has 1 fully saturated rings. The van der Waals surface area contributed by atoms with Gasteiger partial charge in [-0.3, -0.25) is 4.90 Å². The third-order valence-electron chi connectivity index (χ3n) is 4.59. The van der Waals surface area contributed by atoms with Crippen molar-refractivity contribution in [1.82, 2.24) is 10.2 Å². The highest BCUT2D eigenvalue weighted by molar-refractivity contribution is 5.33. The van der Waals surface area contributed by atoms with Gasteiger partial charge in [0.15, 0.2) is 0 Å². The first-order valence-corrected chi connectivity index (χ1v) is 8.19. The first-order chi connectivity index (χ1) is 9.70. The molecule has 2 heteroatoms. The third-order valence-corrected chi connectivity index (χ3v) is 4.59. The molecule has 0 amide bonds. The lowest BCUT2D eigenvalue weighted by molar-refractivity contribution is 0.175. The van der Waals surface area contributed by atoms with Gasteiger partial charge in [-0.2, -0.15) is 0 Å². The number of benzene rings is 1. The summed E-state index contributed by atoms with van der Waals surface area (Å²) in [7, 11) is 0. The maximum absolute atomic E-state index is 3.57. The standard InChI is InChI=1S/C18H30N2/c1-4-10-19-13-17-8-11-20(12-9-17)14-18-15(2)6-5-7-16(18)3/h5-7,17,19H,4,8-14H2,1-3H3. The second-order valence-electron chi connectivity index (χ2n) is 6.29. The molecule has 1 aromatic carbocycles. The lowest BCUT2D eigenvalue weighted by Gasteiger charge is -2.32. The average molecular weight is 274 g/mol. The molecule has 0 aromatic heterocycles. The summed E-state index contributed by atoms with van der Waals surface area (Å²) >= 11 is 0. The minimum atomic E-state index is 0.885. The molecule has 20 heavy (non-hydrogen) atoms. The van der Waals surface area contributed by atoms with Gasteiger partial charge in [0.25, 0.3) is 0 Å². The van der Waals surface area contributed by atoms with E-state index in [0.29, 0.717) is 0 Å². The number of nitrogens with zero attached hydrogens (tertiary/aromatic N) is 1. The van der Waals surface area contributed by atoms with Crippen molar-refractivity contribution in [2.45, 2.75) is 46.6 Å². The van der Waals surface area contributed by atoms with E-state index in [-0.39, 0.29) is 0 Å². The normalized spacial score (nSPS) is 17.6. The van der Waals surface area contributed by atoms with Crippen molar-refractivity contribution in [3.05, 3.63) is 34.9 Å². The van der Waals surface area contributed by atoms with Crippen molar-refractivity contribution in [2.75, 3.05) is 26.2 Å². The molecular formula is C18H30N2. The van der Waals surface area contributed by atoms with Crippen LogP contribution in [0.5, 0.6) is 0 Å². The second-order valence-corrected chi connectivity index (χ2v) is 6.29. The number of aryl methyl sites for hydroxylation is 2. The number of rotatable bonds is 6. The van der Waals surface area contributed by atoms with Crippen molar-refractivity contribution in [1.29, 1.82) is 0 Å². The molecular weight excluding hydrogens is 244 g/mol. The van der Waals surface area contributed by atoms with Crippen molar-refractivity contribution < 1.29 is 0 Å².